The molecule has 0 N–H and O–H groups in total. The fourth-order valence-corrected chi connectivity index (χ4v) is 4.00. The lowest BCUT2D eigenvalue weighted by Crippen LogP contribution is -2.30. The average molecular weight is 412 g/mol. The second-order valence-corrected chi connectivity index (χ2v) is 7.78. The van der Waals surface area contributed by atoms with Crippen molar-refractivity contribution in [2.24, 2.45) is 0 Å². The van der Waals surface area contributed by atoms with Gasteiger partial charge >= 0.3 is 0 Å². The molecule has 4 nitrogen and oxygen atoms in total. The van der Waals surface area contributed by atoms with Crippen LogP contribution in [-0.2, 0) is 11.2 Å². The number of ether oxygens (including phenoxy) is 2. The molecule has 0 spiro atoms. The lowest BCUT2D eigenvalue weighted by atomic mass is 10.1. The lowest BCUT2D eigenvalue weighted by Gasteiger charge is -2.14. The van der Waals surface area contributed by atoms with Crippen molar-refractivity contribution in [3.63, 3.8) is 0 Å². The molecule has 0 atom stereocenters. The molecule has 0 unspecified atom stereocenters. The fourth-order valence-electron chi connectivity index (χ4n) is 2.69. The highest BCUT2D eigenvalue weighted by Crippen LogP contribution is 2.33. The minimum absolute atomic E-state index is 0.0458. The summed E-state index contributed by atoms with van der Waals surface area (Å²) in [5, 5.41) is 0. The van der Waals surface area contributed by atoms with Crippen molar-refractivity contribution < 1.29 is 14.3 Å². The fraction of sp³-hybridized carbons (Fsp3) is 0.182. The molecular formula is C22H21NO3S2. The number of carbonyl (C=O) groups excluding carboxylic acids is 1. The van der Waals surface area contributed by atoms with Crippen molar-refractivity contribution >= 4 is 40.3 Å². The van der Waals surface area contributed by atoms with E-state index in [9.17, 15) is 4.79 Å². The van der Waals surface area contributed by atoms with Crippen LogP contribution in [0, 0.1) is 0 Å². The van der Waals surface area contributed by atoms with Crippen LogP contribution in [0.4, 0.5) is 0 Å². The van der Waals surface area contributed by atoms with Gasteiger partial charge in [-0.1, -0.05) is 60.9 Å². The summed E-state index contributed by atoms with van der Waals surface area (Å²) < 4.78 is 11.2. The summed E-state index contributed by atoms with van der Waals surface area (Å²) >= 11 is 6.75. The Kier molecular flexibility index (Phi) is 6.90. The number of hydrogen-bond donors (Lipinski definition) is 0. The first kappa shape index (κ1) is 20.2. The number of amides is 1. The van der Waals surface area contributed by atoms with E-state index < -0.39 is 0 Å². The van der Waals surface area contributed by atoms with Crippen molar-refractivity contribution in [3.05, 3.63) is 77.2 Å². The van der Waals surface area contributed by atoms with Crippen molar-refractivity contribution in [1.82, 2.24) is 4.90 Å². The maximum atomic E-state index is 12.7. The minimum Gasteiger partial charge on any atom is -0.497 e. The first-order valence-electron chi connectivity index (χ1n) is 8.83. The monoisotopic (exact) mass is 411 g/mol. The molecule has 3 rings (SSSR count). The number of nitrogens with zero attached hydrogens (tertiary/aromatic N) is 1. The molecule has 28 heavy (non-hydrogen) atoms. The molecule has 1 saturated heterocycles. The molecule has 0 bridgehead atoms. The molecule has 0 radical (unpaired) electrons. The van der Waals surface area contributed by atoms with E-state index >= 15 is 0 Å². The predicted octanol–water partition coefficient (Wildman–Crippen LogP) is 4.70. The van der Waals surface area contributed by atoms with Gasteiger partial charge in [0.1, 0.15) is 22.4 Å². The minimum atomic E-state index is -0.0458. The van der Waals surface area contributed by atoms with Gasteiger partial charge in [0, 0.05) is 6.54 Å². The number of rotatable bonds is 8. The summed E-state index contributed by atoms with van der Waals surface area (Å²) in [7, 11) is 1.64. The van der Waals surface area contributed by atoms with Crippen LogP contribution < -0.4 is 9.47 Å². The quantitative estimate of drug-likeness (QED) is 0.358. The third-order valence-electron chi connectivity index (χ3n) is 4.20. The van der Waals surface area contributed by atoms with Crippen LogP contribution in [0.5, 0.6) is 11.5 Å². The van der Waals surface area contributed by atoms with Crippen LogP contribution >= 0.6 is 24.0 Å². The summed E-state index contributed by atoms with van der Waals surface area (Å²) in [5.74, 6) is 1.54. The van der Waals surface area contributed by atoms with Gasteiger partial charge in [0.25, 0.3) is 5.91 Å². The second-order valence-electron chi connectivity index (χ2n) is 6.10. The predicted molar refractivity (Wildman–Crippen MR) is 119 cm³/mol. The molecule has 1 fully saturated rings. The molecular weight excluding hydrogens is 390 g/mol. The van der Waals surface area contributed by atoms with E-state index in [1.807, 2.05) is 54.6 Å². The van der Waals surface area contributed by atoms with E-state index in [2.05, 4.69) is 6.58 Å². The first-order chi connectivity index (χ1) is 13.6. The Morgan fingerprint density at radius 2 is 1.79 bits per heavy atom. The van der Waals surface area contributed by atoms with E-state index in [0.717, 1.165) is 29.0 Å². The van der Waals surface area contributed by atoms with Gasteiger partial charge in [0.15, 0.2) is 0 Å². The van der Waals surface area contributed by atoms with E-state index in [-0.39, 0.29) is 5.91 Å². The Labute approximate surface area is 174 Å². The number of thioether (sulfide) groups is 1. The van der Waals surface area contributed by atoms with Gasteiger partial charge in [-0.2, -0.15) is 0 Å². The normalized spacial score (nSPS) is 15.2. The number of hydrogen-bond acceptors (Lipinski definition) is 5. The molecule has 1 aliphatic heterocycles. The summed E-state index contributed by atoms with van der Waals surface area (Å²) in [6, 6.07) is 15.4. The smallest absolute Gasteiger partial charge is 0.266 e. The zero-order valence-electron chi connectivity index (χ0n) is 15.6. The van der Waals surface area contributed by atoms with E-state index in [0.29, 0.717) is 22.4 Å². The number of carbonyl (C=O) groups is 1. The van der Waals surface area contributed by atoms with Gasteiger partial charge in [-0.15, -0.1) is 0 Å². The van der Waals surface area contributed by atoms with Gasteiger partial charge in [-0.25, -0.2) is 0 Å². The summed E-state index contributed by atoms with van der Waals surface area (Å²) in [4.78, 5) is 15.0. The van der Waals surface area contributed by atoms with Crippen molar-refractivity contribution in [2.45, 2.75) is 6.42 Å². The highest BCUT2D eigenvalue weighted by molar-refractivity contribution is 8.26. The summed E-state index contributed by atoms with van der Waals surface area (Å²) in [5.41, 5.74) is 2.07. The van der Waals surface area contributed by atoms with Gasteiger partial charge in [-0.3, -0.25) is 9.69 Å². The van der Waals surface area contributed by atoms with Crippen molar-refractivity contribution in [3.8, 4) is 11.5 Å². The Morgan fingerprint density at radius 3 is 2.43 bits per heavy atom. The number of benzene rings is 2. The molecule has 144 valence electrons. The summed E-state index contributed by atoms with van der Waals surface area (Å²) in [6.07, 6.45) is 4.30. The van der Waals surface area contributed by atoms with Crippen LogP contribution in [0.25, 0.3) is 6.08 Å². The van der Waals surface area contributed by atoms with Crippen LogP contribution in [0.15, 0.2) is 66.1 Å². The maximum Gasteiger partial charge on any atom is 0.266 e. The van der Waals surface area contributed by atoms with Crippen LogP contribution in [0.2, 0.25) is 0 Å². The van der Waals surface area contributed by atoms with E-state index in [1.165, 1.54) is 11.8 Å². The molecule has 2 aromatic rings. The van der Waals surface area contributed by atoms with Crippen molar-refractivity contribution in [1.29, 1.82) is 0 Å². The number of thiocarbonyl (C=S) groups is 1. The highest BCUT2D eigenvalue weighted by atomic mass is 32.2. The number of methoxy groups -OCH3 is 1. The largest absolute Gasteiger partial charge is 0.497 e. The zero-order valence-corrected chi connectivity index (χ0v) is 17.2. The third kappa shape index (κ3) is 5.03. The topological polar surface area (TPSA) is 38.8 Å². The third-order valence-corrected chi connectivity index (χ3v) is 5.58. The Bertz CT molecular complexity index is 889. The van der Waals surface area contributed by atoms with E-state index in [4.69, 9.17) is 21.7 Å². The second kappa shape index (κ2) is 9.57. The first-order valence-corrected chi connectivity index (χ1v) is 10.0. The summed E-state index contributed by atoms with van der Waals surface area (Å²) in [6.45, 7) is 4.65. The zero-order chi connectivity index (χ0) is 19.9. The molecule has 0 aromatic heterocycles. The molecule has 1 amide bonds. The van der Waals surface area contributed by atoms with Gasteiger partial charge in [-0.05, 0) is 47.9 Å². The molecule has 0 aliphatic carbocycles. The maximum absolute atomic E-state index is 12.7. The Hall–Kier alpha value is -2.57. The molecule has 6 heteroatoms. The lowest BCUT2D eigenvalue weighted by molar-refractivity contribution is -0.122. The van der Waals surface area contributed by atoms with Gasteiger partial charge < -0.3 is 9.47 Å². The SMILES string of the molecule is C=CCOc1ccc(C=C2SC(=S)N(CCc3ccc(OC)cc3)C2=O)cc1. The van der Waals surface area contributed by atoms with Gasteiger partial charge in [0.2, 0.25) is 0 Å². The Balaban J connectivity index is 1.63. The van der Waals surface area contributed by atoms with Gasteiger partial charge in [0.05, 0.1) is 12.0 Å². The van der Waals surface area contributed by atoms with Crippen LogP contribution in [0.1, 0.15) is 11.1 Å². The molecule has 2 aromatic carbocycles. The van der Waals surface area contributed by atoms with Crippen molar-refractivity contribution in [2.75, 3.05) is 20.3 Å². The van der Waals surface area contributed by atoms with Crippen LogP contribution in [0.3, 0.4) is 0 Å². The molecule has 0 saturated carbocycles. The average Bonchev–Trinajstić information content (AvgIpc) is 2.99. The van der Waals surface area contributed by atoms with Crippen LogP contribution in [-0.4, -0.2) is 35.4 Å². The molecule has 1 heterocycles. The van der Waals surface area contributed by atoms with E-state index in [1.54, 1.807) is 18.1 Å². The molecule has 1 aliphatic rings. The standard InChI is InChI=1S/C22H21NO3S2/c1-3-14-26-19-10-6-17(7-11-19)15-20-21(24)23(22(27)28-20)13-12-16-4-8-18(25-2)9-5-16/h3-11,15H,1,12-14H2,2H3. The Morgan fingerprint density at radius 1 is 1.11 bits per heavy atom. The highest BCUT2D eigenvalue weighted by Gasteiger charge is 2.31.